The normalized spacial score (nSPS) is 16.2. The lowest BCUT2D eigenvalue weighted by Crippen LogP contribution is -2.39. The molecule has 10 nitrogen and oxygen atoms in total. The number of anilines is 1. The number of carboxylic acid groups (broad SMARTS) is 1. The average Bonchev–Trinajstić information content (AvgIpc) is 3.00. The summed E-state index contributed by atoms with van der Waals surface area (Å²) in [6, 6.07) is 22.9. The van der Waals surface area contributed by atoms with Crippen LogP contribution in [0.4, 0.5) is 5.69 Å². The zero-order valence-corrected chi connectivity index (χ0v) is 22.5. The number of phenolic OH excluding ortho intramolecular Hbond substituents is 1. The molecule has 0 unspecified atom stereocenters. The van der Waals surface area contributed by atoms with Crippen LogP contribution in [0.3, 0.4) is 0 Å². The third-order valence-corrected chi connectivity index (χ3v) is 6.91. The molecule has 1 aliphatic carbocycles. The molecule has 0 aliphatic heterocycles. The number of hydrogen-bond acceptors (Lipinski definition) is 7. The van der Waals surface area contributed by atoms with E-state index in [9.17, 15) is 24.6 Å². The number of amides is 2. The summed E-state index contributed by atoms with van der Waals surface area (Å²) < 4.78 is 11.9. The van der Waals surface area contributed by atoms with E-state index in [4.69, 9.17) is 9.47 Å². The van der Waals surface area contributed by atoms with Gasteiger partial charge in [0.1, 0.15) is 17.2 Å². The van der Waals surface area contributed by atoms with Gasteiger partial charge in [-0.15, -0.1) is 0 Å². The summed E-state index contributed by atoms with van der Waals surface area (Å²) in [5.74, 6) is -0.406. The predicted octanol–water partition coefficient (Wildman–Crippen LogP) is 5.65. The second kappa shape index (κ2) is 12.9. The van der Waals surface area contributed by atoms with Crippen LogP contribution < -0.4 is 20.1 Å². The first-order valence-corrected chi connectivity index (χ1v) is 13.5. The Hall–Kier alpha value is -5.38. The first kappa shape index (κ1) is 28.2. The van der Waals surface area contributed by atoms with E-state index in [2.05, 4.69) is 15.6 Å². The molecule has 1 heterocycles. The lowest BCUT2D eigenvalue weighted by Gasteiger charge is -2.29. The van der Waals surface area contributed by atoms with Gasteiger partial charge >= 0.3 is 5.97 Å². The van der Waals surface area contributed by atoms with E-state index in [-0.39, 0.29) is 52.1 Å². The lowest BCUT2D eigenvalue weighted by molar-refractivity contribution is 0.0697. The number of hydrogen-bond donors (Lipinski definition) is 4. The van der Waals surface area contributed by atoms with Crippen LogP contribution in [0.25, 0.3) is 0 Å². The number of benzene rings is 3. The molecule has 4 aromatic rings. The topological polar surface area (TPSA) is 147 Å². The standard InChI is InChI=1S/C32H29N3O7/c36-28-8-4-2-6-26(28)31(38)34-21-10-12-22(13-11-21)41-23-14-16-24(17-15-23)42-29-18-9-20(19-33-29)30(37)35-27-7-3-1-5-25(27)32(39)40/h1-9,14-19,21-22,36H,10-13H2,(H,34,38)(H,35,37)(H,39,40). The molecule has 1 aromatic heterocycles. The summed E-state index contributed by atoms with van der Waals surface area (Å²) in [6.45, 7) is 0. The van der Waals surface area contributed by atoms with Gasteiger partial charge < -0.3 is 30.3 Å². The molecule has 1 saturated carbocycles. The molecule has 3 aromatic carbocycles. The quantitative estimate of drug-likeness (QED) is 0.203. The molecule has 2 amide bonds. The van der Waals surface area contributed by atoms with Crippen molar-refractivity contribution in [3.63, 3.8) is 0 Å². The highest BCUT2D eigenvalue weighted by Gasteiger charge is 2.24. The molecule has 10 heteroatoms. The summed E-state index contributed by atoms with van der Waals surface area (Å²) in [6.07, 6.45) is 4.50. The number of carbonyl (C=O) groups excluding carboxylic acids is 2. The van der Waals surface area contributed by atoms with E-state index in [0.29, 0.717) is 11.5 Å². The zero-order chi connectivity index (χ0) is 29.5. The number of ether oxygens (including phenoxy) is 2. The smallest absolute Gasteiger partial charge is 0.337 e. The molecule has 5 rings (SSSR count). The van der Waals surface area contributed by atoms with Crippen LogP contribution in [0.5, 0.6) is 23.1 Å². The molecule has 4 N–H and O–H groups in total. The number of phenols is 1. The molecule has 1 aliphatic rings. The van der Waals surface area contributed by atoms with Gasteiger partial charge in [0, 0.05) is 18.3 Å². The van der Waals surface area contributed by atoms with E-state index in [1.807, 2.05) is 12.1 Å². The van der Waals surface area contributed by atoms with Crippen molar-refractivity contribution in [2.45, 2.75) is 37.8 Å². The van der Waals surface area contributed by atoms with E-state index >= 15 is 0 Å². The number of carboxylic acids is 1. The summed E-state index contributed by atoms with van der Waals surface area (Å²) in [5, 5.41) is 24.8. The number of carbonyl (C=O) groups is 3. The van der Waals surface area contributed by atoms with Crippen LogP contribution in [0.15, 0.2) is 91.1 Å². The highest BCUT2D eigenvalue weighted by molar-refractivity contribution is 6.07. The van der Waals surface area contributed by atoms with Crippen molar-refractivity contribution in [3.8, 4) is 23.1 Å². The van der Waals surface area contributed by atoms with E-state index in [0.717, 1.165) is 25.7 Å². The first-order valence-electron chi connectivity index (χ1n) is 13.5. The van der Waals surface area contributed by atoms with Gasteiger partial charge in [-0.25, -0.2) is 9.78 Å². The van der Waals surface area contributed by atoms with Crippen molar-refractivity contribution >= 4 is 23.5 Å². The van der Waals surface area contributed by atoms with Gasteiger partial charge in [-0.1, -0.05) is 24.3 Å². The zero-order valence-electron chi connectivity index (χ0n) is 22.5. The van der Waals surface area contributed by atoms with Crippen molar-refractivity contribution in [1.29, 1.82) is 0 Å². The van der Waals surface area contributed by atoms with Crippen LogP contribution in [0.1, 0.15) is 56.8 Å². The Labute approximate surface area is 242 Å². The van der Waals surface area contributed by atoms with Crippen molar-refractivity contribution in [1.82, 2.24) is 10.3 Å². The number of rotatable bonds is 9. The molecule has 1 fully saturated rings. The van der Waals surface area contributed by atoms with Gasteiger partial charge in [-0.2, -0.15) is 0 Å². The fourth-order valence-electron chi connectivity index (χ4n) is 4.70. The largest absolute Gasteiger partial charge is 0.507 e. The molecule has 0 saturated heterocycles. The van der Waals surface area contributed by atoms with E-state index in [1.165, 1.54) is 24.4 Å². The Bertz CT molecular complexity index is 1560. The number of para-hydroxylation sites is 2. The summed E-state index contributed by atoms with van der Waals surface area (Å²) in [5.41, 5.74) is 0.711. The summed E-state index contributed by atoms with van der Waals surface area (Å²) in [7, 11) is 0. The number of nitrogens with zero attached hydrogens (tertiary/aromatic N) is 1. The monoisotopic (exact) mass is 567 g/mol. The number of aromatic carboxylic acids is 1. The molecular formula is C32H29N3O7. The Morgan fingerprint density at radius 3 is 2.10 bits per heavy atom. The lowest BCUT2D eigenvalue weighted by atomic mass is 9.92. The van der Waals surface area contributed by atoms with Crippen molar-refractivity contribution < 1.29 is 34.1 Å². The van der Waals surface area contributed by atoms with Crippen LogP contribution >= 0.6 is 0 Å². The first-order chi connectivity index (χ1) is 20.4. The van der Waals surface area contributed by atoms with Gasteiger partial charge in [-0.3, -0.25) is 9.59 Å². The van der Waals surface area contributed by atoms with Gasteiger partial charge in [0.05, 0.1) is 28.5 Å². The molecular weight excluding hydrogens is 538 g/mol. The number of aromatic nitrogens is 1. The van der Waals surface area contributed by atoms with Crippen molar-refractivity contribution in [3.05, 3.63) is 108 Å². The van der Waals surface area contributed by atoms with Crippen LogP contribution in [0, 0.1) is 0 Å². The van der Waals surface area contributed by atoms with Gasteiger partial charge in [0.2, 0.25) is 5.88 Å². The molecule has 214 valence electrons. The Morgan fingerprint density at radius 1 is 0.762 bits per heavy atom. The number of pyridine rings is 1. The number of aromatic hydroxyl groups is 1. The SMILES string of the molecule is O=C(Nc1ccccc1C(=O)O)c1ccc(Oc2ccc(OC3CCC(NC(=O)c4ccccc4O)CC3)cc2)nc1. The van der Waals surface area contributed by atoms with E-state index < -0.39 is 11.9 Å². The molecule has 42 heavy (non-hydrogen) atoms. The van der Waals surface area contributed by atoms with Gasteiger partial charge in [-0.05, 0) is 80.3 Å². The Balaban J connectivity index is 1.09. The fraction of sp³-hybridized carbons (Fsp3) is 0.188. The third kappa shape index (κ3) is 7.03. The van der Waals surface area contributed by atoms with Gasteiger partial charge in [0.25, 0.3) is 11.8 Å². The molecule has 0 radical (unpaired) electrons. The molecule has 0 atom stereocenters. The molecule has 0 spiro atoms. The van der Waals surface area contributed by atoms with Crippen molar-refractivity contribution in [2.24, 2.45) is 0 Å². The highest BCUT2D eigenvalue weighted by atomic mass is 16.5. The molecule has 0 bridgehead atoms. The van der Waals surface area contributed by atoms with Crippen molar-refractivity contribution in [2.75, 3.05) is 5.32 Å². The van der Waals surface area contributed by atoms with Crippen LogP contribution in [-0.2, 0) is 0 Å². The third-order valence-electron chi connectivity index (χ3n) is 6.91. The minimum absolute atomic E-state index is 0.00639. The minimum atomic E-state index is -1.14. The van der Waals surface area contributed by atoms with E-state index in [1.54, 1.807) is 54.6 Å². The maximum atomic E-state index is 12.6. The number of nitrogens with one attached hydrogen (secondary N) is 2. The highest BCUT2D eigenvalue weighted by Crippen LogP contribution is 2.28. The second-order valence-corrected chi connectivity index (χ2v) is 9.85. The van der Waals surface area contributed by atoms with Crippen LogP contribution in [0.2, 0.25) is 0 Å². The Morgan fingerprint density at radius 2 is 1.43 bits per heavy atom. The average molecular weight is 568 g/mol. The second-order valence-electron chi connectivity index (χ2n) is 9.85. The maximum Gasteiger partial charge on any atom is 0.337 e. The summed E-state index contributed by atoms with van der Waals surface area (Å²) >= 11 is 0. The minimum Gasteiger partial charge on any atom is -0.507 e. The Kier molecular flexibility index (Phi) is 8.62. The predicted molar refractivity (Wildman–Crippen MR) is 154 cm³/mol. The van der Waals surface area contributed by atoms with Gasteiger partial charge in [0.15, 0.2) is 0 Å². The summed E-state index contributed by atoms with van der Waals surface area (Å²) in [4.78, 5) is 40.6. The fourth-order valence-corrected chi connectivity index (χ4v) is 4.70. The maximum absolute atomic E-state index is 12.6. The van der Waals surface area contributed by atoms with Crippen LogP contribution in [-0.4, -0.2) is 45.1 Å².